The highest BCUT2D eigenvalue weighted by Gasteiger charge is 2.11. The second-order valence-electron chi connectivity index (χ2n) is 4.30. The Morgan fingerprint density at radius 2 is 2.26 bits per heavy atom. The molecule has 0 N–H and O–H groups in total. The van der Waals surface area contributed by atoms with Crippen LogP contribution in [-0.2, 0) is 13.6 Å². The number of carbonyl (C=O) groups excluding carboxylic acids is 1. The molecule has 19 heavy (non-hydrogen) atoms. The maximum atomic E-state index is 12.1. The molecule has 0 unspecified atom stereocenters. The molecule has 0 radical (unpaired) electrons. The van der Waals surface area contributed by atoms with Crippen LogP contribution in [0.1, 0.15) is 10.4 Å². The summed E-state index contributed by atoms with van der Waals surface area (Å²) >= 11 is 1.34. The standard InChI is InChI=1S/C13H11N3O2S/c1-15-4-2-9(6-15)11(17)7-16-8-14-10-3-5-19-12(10)13(16)18/h2-6,8H,7H2,1H3. The number of fused-ring (bicyclic) bond motifs is 1. The first-order valence-electron chi connectivity index (χ1n) is 5.73. The molecule has 0 fully saturated rings. The fourth-order valence-corrected chi connectivity index (χ4v) is 2.70. The molecule has 0 spiro atoms. The molecule has 0 aliphatic carbocycles. The SMILES string of the molecule is Cn1ccc(C(=O)Cn2cnc3ccsc3c2=O)c1. The molecule has 3 aromatic rings. The Labute approximate surface area is 112 Å². The highest BCUT2D eigenvalue weighted by molar-refractivity contribution is 7.17. The van der Waals surface area contributed by atoms with Crippen molar-refractivity contribution in [3.8, 4) is 0 Å². The van der Waals surface area contributed by atoms with Crippen molar-refractivity contribution >= 4 is 27.3 Å². The highest BCUT2D eigenvalue weighted by Crippen LogP contribution is 2.13. The van der Waals surface area contributed by atoms with E-state index in [1.165, 1.54) is 22.2 Å². The van der Waals surface area contributed by atoms with Gasteiger partial charge in [-0.15, -0.1) is 11.3 Å². The summed E-state index contributed by atoms with van der Waals surface area (Å²) in [5, 5.41) is 1.82. The lowest BCUT2D eigenvalue weighted by Crippen LogP contribution is -2.23. The van der Waals surface area contributed by atoms with E-state index in [1.54, 1.807) is 29.1 Å². The first kappa shape index (κ1) is 11.9. The van der Waals surface area contributed by atoms with Crippen molar-refractivity contribution in [2.45, 2.75) is 6.54 Å². The van der Waals surface area contributed by atoms with Gasteiger partial charge in [0.1, 0.15) is 4.70 Å². The first-order valence-corrected chi connectivity index (χ1v) is 6.61. The molecular weight excluding hydrogens is 262 g/mol. The van der Waals surface area contributed by atoms with Crippen LogP contribution in [0.4, 0.5) is 0 Å². The van der Waals surface area contributed by atoms with Crippen molar-refractivity contribution < 1.29 is 4.79 Å². The second kappa shape index (κ2) is 4.47. The van der Waals surface area contributed by atoms with E-state index in [0.717, 1.165) is 0 Å². The number of aryl methyl sites for hydroxylation is 1. The molecular formula is C13H11N3O2S. The zero-order chi connectivity index (χ0) is 13.4. The van der Waals surface area contributed by atoms with Gasteiger partial charge in [-0.2, -0.15) is 0 Å². The number of thiophene rings is 1. The summed E-state index contributed by atoms with van der Waals surface area (Å²) in [7, 11) is 1.85. The maximum absolute atomic E-state index is 12.1. The van der Waals surface area contributed by atoms with Gasteiger partial charge in [0.25, 0.3) is 5.56 Å². The van der Waals surface area contributed by atoms with Gasteiger partial charge in [-0.3, -0.25) is 14.2 Å². The van der Waals surface area contributed by atoms with E-state index in [1.807, 2.05) is 12.4 Å². The molecule has 5 nitrogen and oxygen atoms in total. The smallest absolute Gasteiger partial charge is 0.271 e. The molecule has 3 aromatic heterocycles. The molecule has 0 aliphatic rings. The summed E-state index contributed by atoms with van der Waals surface area (Å²) in [6.07, 6.45) is 4.97. The van der Waals surface area contributed by atoms with Gasteiger partial charge in [-0.25, -0.2) is 4.98 Å². The van der Waals surface area contributed by atoms with Gasteiger partial charge in [-0.05, 0) is 17.5 Å². The zero-order valence-electron chi connectivity index (χ0n) is 10.2. The molecule has 6 heteroatoms. The second-order valence-corrected chi connectivity index (χ2v) is 5.22. The molecule has 3 rings (SSSR count). The number of aromatic nitrogens is 3. The van der Waals surface area contributed by atoms with Gasteiger partial charge in [0.15, 0.2) is 5.78 Å². The Bertz CT molecular complexity index is 813. The monoisotopic (exact) mass is 273 g/mol. The Balaban J connectivity index is 1.95. The van der Waals surface area contributed by atoms with E-state index in [0.29, 0.717) is 15.8 Å². The van der Waals surface area contributed by atoms with Crippen molar-refractivity contribution in [2.24, 2.45) is 7.05 Å². The Morgan fingerprint density at radius 1 is 1.42 bits per heavy atom. The normalized spacial score (nSPS) is 11.0. The Kier molecular flexibility index (Phi) is 2.79. The lowest BCUT2D eigenvalue weighted by molar-refractivity contribution is 0.0970. The zero-order valence-corrected chi connectivity index (χ0v) is 11.1. The van der Waals surface area contributed by atoms with E-state index in [4.69, 9.17) is 0 Å². The molecule has 0 saturated heterocycles. The Morgan fingerprint density at radius 3 is 3.00 bits per heavy atom. The van der Waals surface area contributed by atoms with Crippen LogP contribution in [0.25, 0.3) is 10.2 Å². The van der Waals surface area contributed by atoms with Crippen molar-refractivity contribution in [1.29, 1.82) is 0 Å². The Hall–Kier alpha value is -2.21. The van der Waals surface area contributed by atoms with E-state index in [2.05, 4.69) is 4.98 Å². The third-order valence-electron chi connectivity index (χ3n) is 2.90. The minimum atomic E-state index is -0.163. The summed E-state index contributed by atoms with van der Waals surface area (Å²) in [4.78, 5) is 28.4. The van der Waals surface area contributed by atoms with Gasteiger partial charge < -0.3 is 4.57 Å². The molecule has 0 bridgehead atoms. The van der Waals surface area contributed by atoms with Crippen LogP contribution in [0.3, 0.4) is 0 Å². The van der Waals surface area contributed by atoms with Gasteiger partial charge in [0.2, 0.25) is 0 Å². The van der Waals surface area contributed by atoms with E-state index < -0.39 is 0 Å². The van der Waals surface area contributed by atoms with Crippen LogP contribution in [0.2, 0.25) is 0 Å². The third-order valence-corrected chi connectivity index (χ3v) is 3.80. The number of rotatable bonds is 3. The quantitative estimate of drug-likeness (QED) is 0.682. The highest BCUT2D eigenvalue weighted by atomic mass is 32.1. The van der Waals surface area contributed by atoms with Crippen LogP contribution >= 0.6 is 11.3 Å². The number of ketones is 1. The van der Waals surface area contributed by atoms with Crippen molar-refractivity contribution in [3.05, 3.63) is 52.2 Å². The first-order chi connectivity index (χ1) is 9.15. The van der Waals surface area contributed by atoms with E-state index >= 15 is 0 Å². The van der Waals surface area contributed by atoms with Gasteiger partial charge in [-0.1, -0.05) is 0 Å². The summed E-state index contributed by atoms with van der Waals surface area (Å²) in [6.45, 7) is 0.0175. The number of carbonyl (C=O) groups is 1. The fraction of sp³-hybridized carbons (Fsp3) is 0.154. The van der Waals surface area contributed by atoms with Crippen molar-refractivity contribution in [2.75, 3.05) is 0 Å². The average Bonchev–Trinajstić information content (AvgIpc) is 3.01. The molecule has 96 valence electrons. The minimum Gasteiger partial charge on any atom is -0.357 e. The predicted octanol–water partition coefficient (Wildman–Crippen LogP) is 1.68. The van der Waals surface area contributed by atoms with Crippen LogP contribution in [-0.4, -0.2) is 19.9 Å². The lowest BCUT2D eigenvalue weighted by atomic mass is 10.2. The summed E-state index contributed by atoms with van der Waals surface area (Å²) in [6, 6.07) is 3.54. The summed E-state index contributed by atoms with van der Waals surface area (Å²) in [5.74, 6) is -0.0968. The molecule has 3 heterocycles. The summed E-state index contributed by atoms with van der Waals surface area (Å²) < 4.78 is 3.74. The maximum Gasteiger partial charge on any atom is 0.271 e. The minimum absolute atomic E-state index is 0.0175. The van der Waals surface area contributed by atoms with E-state index in [-0.39, 0.29) is 17.9 Å². The summed E-state index contributed by atoms with van der Waals surface area (Å²) in [5.41, 5.74) is 1.11. The average molecular weight is 273 g/mol. The molecule has 0 atom stereocenters. The number of hydrogen-bond donors (Lipinski definition) is 0. The van der Waals surface area contributed by atoms with Crippen LogP contribution in [0.15, 0.2) is 41.0 Å². The van der Waals surface area contributed by atoms with Crippen molar-refractivity contribution in [1.82, 2.24) is 14.1 Å². The molecule has 0 saturated carbocycles. The number of nitrogens with zero attached hydrogens (tertiary/aromatic N) is 3. The van der Waals surface area contributed by atoms with Gasteiger partial charge in [0.05, 0.1) is 18.4 Å². The van der Waals surface area contributed by atoms with Gasteiger partial charge in [0, 0.05) is 25.0 Å². The fourth-order valence-electron chi connectivity index (χ4n) is 1.91. The largest absolute Gasteiger partial charge is 0.357 e. The molecule has 0 amide bonds. The number of Topliss-reactive ketones (excluding diaryl/α,β-unsaturated/α-hetero) is 1. The topological polar surface area (TPSA) is 56.9 Å². The molecule has 0 aliphatic heterocycles. The van der Waals surface area contributed by atoms with E-state index in [9.17, 15) is 9.59 Å². The molecule has 0 aromatic carbocycles. The van der Waals surface area contributed by atoms with Crippen LogP contribution in [0.5, 0.6) is 0 Å². The van der Waals surface area contributed by atoms with Crippen molar-refractivity contribution in [3.63, 3.8) is 0 Å². The van der Waals surface area contributed by atoms with Gasteiger partial charge >= 0.3 is 0 Å². The lowest BCUT2D eigenvalue weighted by Gasteiger charge is -2.03. The third kappa shape index (κ3) is 2.10. The van der Waals surface area contributed by atoms with Crippen LogP contribution in [0, 0.1) is 0 Å². The predicted molar refractivity (Wildman–Crippen MR) is 73.6 cm³/mol. The van der Waals surface area contributed by atoms with Crippen LogP contribution < -0.4 is 5.56 Å². The number of hydrogen-bond acceptors (Lipinski definition) is 4.